The first-order chi connectivity index (χ1) is 3.72. The van der Waals surface area contributed by atoms with Gasteiger partial charge in [-0.05, 0) is 13.0 Å². The zero-order valence-corrected chi connectivity index (χ0v) is 5.05. The molecule has 0 saturated carbocycles. The zero-order chi connectivity index (χ0) is 6.57. The molecule has 3 nitrogen and oxygen atoms in total. The van der Waals surface area contributed by atoms with Gasteiger partial charge in [0.2, 0.25) is 5.70 Å². The standard InChI is InChI=1S/C5H9NO2/c1-3-5(4-2)6(7)8/h3H,4H2,1-2H3/b5-3-. The van der Waals surface area contributed by atoms with Crippen LogP contribution in [0.3, 0.4) is 0 Å². The second-order valence-electron chi connectivity index (χ2n) is 1.39. The summed E-state index contributed by atoms with van der Waals surface area (Å²) in [5, 5.41) is 9.90. The summed E-state index contributed by atoms with van der Waals surface area (Å²) in [5.41, 5.74) is 0.282. The summed E-state index contributed by atoms with van der Waals surface area (Å²) >= 11 is 0. The van der Waals surface area contributed by atoms with Crippen LogP contribution in [-0.2, 0) is 0 Å². The molecule has 0 heterocycles. The monoisotopic (exact) mass is 115 g/mol. The molecule has 0 radical (unpaired) electrons. The van der Waals surface area contributed by atoms with Crippen molar-refractivity contribution in [3.63, 3.8) is 0 Å². The predicted molar refractivity (Wildman–Crippen MR) is 31.0 cm³/mol. The highest BCUT2D eigenvalue weighted by molar-refractivity contribution is 4.86. The summed E-state index contributed by atoms with van der Waals surface area (Å²) in [6.07, 6.45) is 2.02. The van der Waals surface area contributed by atoms with E-state index in [4.69, 9.17) is 0 Å². The zero-order valence-electron chi connectivity index (χ0n) is 5.05. The van der Waals surface area contributed by atoms with Crippen molar-refractivity contribution >= 4 is 0 Å². The Balaban J connectivity index is 3.92. The number of allylic oxidation sites excluding steroid dienone is 2. The quantitative estimate of drug-likeness (QED) is 0.405. The predicted octanol–water partition coefficient (Wildman–Crippen LogP) is 1.58. The molecule has 3 heteroatoms. The van der Waals surface area contributed by atoms with Crippen molar-refractivity contribution in [1.29, 1.82) is 0 Å². The summed E-state index contributed by atoms with van der Waals surface area (Å²) < 4.78 is 0. The van der Waals surface area contributed by atoms with Crippen LogP contribution in [0.4, 0.5) is 0 Å². The van der Waals surface area contributed by atoms with E-state index in [1.165, 1.54) is 6.08 Å². The minimum Gasteiger partial charge on any atom is -0.259 e. The molecule has 0 aliphatic carbocycles. The van der Waals surface area contributed by atoms with Crippen molar-refractivity contribution < 1.29 is 4.92 Å². The Morgan fingerprint density at radius 1 is 1.88 bits per heavy atom. The van der Waals surface area contributed by atoms with Gasteiger partial charge in [0, 0.05) is 6.42 Å². The van der Waals surface area contributed by atoms with Gasteiger partial charge in [-0.15, -0.1) is 0 Å². The van der Waals surface area contributed by atoms with Crippen molar-refractivity contribution in [2.45, 2.75) is 20.3 Å². The van der Waals surface area contributed by atoms with Crippen LogP contribution in [0.5, 0.6) is 0 Å². The Morgan fingerprint density at radius 3 is 2.38 bits per heavy atom. The van der Waals surface area contributed by atoms with E-state index in [9.17, 15) is 10.1 Å². The van der Waals surface area contributed by atoms with Gasteiger partial charge in [0.15, 0.2) is 0 Å². The van der Waals surface area contributed by atoms with Gasteiger partial charge in [0.1, 0.15) is 0 Å². The maximum absolute atomic E-state index is 9.90. The van der Waals surface area contributed by atoms with Gasteiger partial charge >= 0.3 is 0 Å². The van der Waals surface area contributed by atoms with Gasteiger partial charge in [-0.2, -0.15) is 0 Å². The third kappa shape index (κ3) is 1.73. The van der Waals surface area contributed by atoms with E-state index in [1.807, 2.05) is 0 Å². The molecule has 0 N–H and O–H groups in total. The minimum absolute atomic E-state index is 0.282. The number of nitro groups is 1. The fraction of sp³-hybridized carbons (Fsp3) is 0.600. The van der Waals surface area contributed by atoms with Crippen molar-refractivity contribution in [3.8, 4) is 0 Å². The lowest BCUT2D eigenvalue weighted by Crippen LogP contribution is -1.95. The van der Waals surface area contributed by atoms with Crippen LogP contribution >= 0.6 is 0 Å². The lowest BCUT2D eigenvalue weighted by atomic mass is 10.3. The molecule has 0 spiro atoms. The highest BCUT2D eigenvalue weighted by Crippen LogP contribution is 1.98. The Bertz CT molecular complexity index is 118. The SMILES string of the molecule is C/C=C(/CC)[N+](=O)[O-]. The van der Waals surface area contributed by atoms with Crippen LogP contribution < -0.4 is 0 Å². The van der Waals surface area contributed by atoms with Gasteiger partial charge < -0.3 is 0 Å². The molecular weight excluding hydrogens is 106 g/mol. The topological polar surface area (TPSA) is 43.1 Å². The van der Waals surface area contributed by atoms with Gasteiger partial charge in [0.25, 0.3) is 0 Å². The van der Waals surface area contributed by atoms with Gasteiger partial charge in [-0.25, -0.2) is 0 Å². The van der Waals surface area contributed by atoms with E-state index in [2.05, 4.69) is 0 Å². The van der Waals surface area contributed by atoms with E-state index in [0.717, 1.165) is 0 Å². The van der Waals surface area contributed by atoms with Crippen LogP contribution in [-0.4, -0.2) is 4.92 Å². The van der Waals surface area contributed by atoms with Crippen molar-refractivity contribution in [1.82, 2.24) is 0 Å². The van der Waals surface area contributed by atoms with Crippen molar-refractivity contribution in [2.24, 2.45) is 0 Å². The van der Waals surface area contributed by atoms with E-state index in [-0.39, 0.29) is 10.6 Å². The number of hydrogen-bond acceptors (Lipinski definition) is 2. The molecule has 0 amide bonds. The molecule has 0 fully saturated rings. The van der Waals surface area contributed by atoms with Crippen molar-refractivity contribution in [2.75, 3.05) is 0 Å². The third-order valence-corrected chi connectivity index (χ3v) is 0.930. The highest BCUT2D eigenvalue weighted by atomic mass is 16.6. The third-order valence-electron chi connectivity index (χ3n) is 0.930. The van der Waals surface area contributed by atoms with Gasteiger partial charge in [0.05, 0.1) is 4.92 Å². The molecular formula is C5H9NO2. The van der Waals surface area contributed by atoms with E-state index < -0.39 is 0 Å². The first-order valence-electron chi connectivity index (χ1n) is 2.52. The number of nitrogens with zero attached hydrogens (tertiary/aromatic N) is 1. The van der Waals surface area contributed by atoms with Gasteiger partial charge in [-0.1, -0.05) is 6.92 Å². The summed E-state index contributed by atoms with van der Waals surface area (Å²) in [7, 11) is 0. The van der Waals surface area contributed by atoms with E-state index in [1.54, 1.807) is 13.8 Å². The molecule has 0 saturated heterocycles. The fourth-order valence-electron chi connectivity index (χ4n) is 0.439. The van der Waals surface area contributed by atoms with Crippen LogP contribution in [0.15, 0.2) is 11.8 Å². The molecule has 0 aliphatic rings. The molecule has 0 unspecified atom stereocenters. The lowest BCUT2D eigenvalue weighted by Gasteiger charge is -1.87. The average molecular weight is 115 g/mol. The highest BCUT2D eigenvalue weighted by Gasteiger charge is 2.01. The Hall–Kier alpha value is -0.860. The van der Waals surface area contributed by atoms with Crippen LogP contribution in [0, 0.1) is 10.1 Å². The molecule has 46 valence electrons. The molecule has 0 rings (SSSR count). The van der Waals surface area contributed by atoms with E-state index >= 15 is 0 Å². The number of hydrogen-bond donors (Lipinski definition) is 0. The van der Waals surface area contributed by atoms with Crippen LogP contribution in [0.25, 0.3) is 0 Å². The molecule has 0 aliphatic heterocycles. The number of rotatable bonds is 2. The van der Waals surface area contributed by atoms with E-state index in [0.29, 0.717) is 6.42 Å². The second-order valence-corrected chi connectivity index (χ2v) is 1.39. The Labute approximate surface area is 48.2 Å². The molecule has 0 aromatic carbocycles. The normalized spacial score (nSPS) is 11.5. The molecule has 0 aromatic rings. The summed E-state index contributed by atoms with van der Waals surface area (Å²) in [4.78, 5) is 9.54. The molecule has 8 heavy (non-hydrogen) atoms. The second kappa shape index (κ2) is 3.18. The van der Waals surface area contributed by atoms with Crippen LogP contribution in [0.2, 0.25) is 0 Å². The summed E-state index contributed by atoms with van der Waals surface area (Å²) in [6.45, 7) is 3.43. The smallest absolute Gasteiger partial charge is 0.241 e. The maximum atomic E-state index is 9.90. The van der Waals surface area contributed by atoms with Crippen molar-refractivity contribution in [3.05, 3.63) is 21.9 Å². The van der Waals surface area contributed by atoms with Gasteiger partial charge in [-0.3, -0.25) is 10.1 Å². The first kappa shape index (κ1) is 7.14. The summed E-state index contributed by atoms with van der Waals surface area (Å²) in [6, 6.07) is 0. The Kier molecular flexibility index (Phi) is 2.84. The summed E-state index contributed by atoms with van der Waals surface area (Å²) in [5.74, 6) is 0. The lowest BCUT2D eigenvalue weighted by molar-refractivity contribution is -0.427. The molecule has 0 aromatic heterocycles. The van der Waals surface area contributed by atoms with Crippen LogP contribution in [0.1, 0.15) is 20.3 Å². The fourth-order valence-corrected chi connectivity index (χ4v) is 0.439. The average Bonchev–Trinajstić information content (AvgIpc) is 1.69. The largest absolute Gasteiger partial charge is 0.259 e. The minimum atomic E-state index is -0.361. The Morgan fingerprint density at radius 2 is 2.38 bits per heavy atom. The first-order valence-corrected chi connectivity index (χ1v) is 2.52. The molecule has 0 bridgehead atoms. The maximum Gasteiger partial charge on any atom is 0.241 e. The molecule has 0 atom stereocenters.